The maximum Gasteiger partial charge on any atom is 0.227 e. The lowest BCUT2D eigenvalue weighted by atomic mass is 10.0. The van der Waals surface area contributed by atoms with Crippen LogP contribution >= 0.6 is 0 Å². The molecule has 4 rings (SSSR count). The zero-order valence-corrected chi connectivity index (χ0v) is 16.2. The van der Waals surface area contributed by atoms with Gasteiger partial charge in [-0.05, 0) is 38.5 Å². The Morgan fingerprint density at radius 2 is 1.68 bits per heavy atom. The van der Waals surface area contributed by atoms with Crippen molar-refractivity contribution in [2.75, 3.05) is 38.3 Å². The average molecular weight is 348 g/mol. The van der Waals surface area contributed by atoms with Gasteiger partial charge in [0.1, 0.15) is 5.82 Å². The van der Waals surface area contributed by atoms with E-state index in [2.05, 4.69) is 45.5 Å². The molecule has 140 valence electrons. The van der Waals surface area contributed by atoms with Crippen molar-refractivity contribution >= 4 is 5.95 Å². The number of fused-ring (bicyclic) bond motifs is 1. The minimum Gasteiger partial charge on any atom is -0.383 e. The Bertz CT molecular complexity index is 579. The van der Waals surface area contributed by atoms with E-state index < -0.39 is 0 Å². The van der Waals surface area contributed by atoms with Crippen molar-refractivity contribution < 1.29 is 4.74 Å². The van der Waals surface area contributed by atoms with Crippen molar-refractivity contribution in [1.82, 2.24) is 19.7 Å². The van der Waals surface area contributed by atoms with E-state index >= 15 is 0 Å². The van der Waals surface area contributed by atoms with E-state index in [-0.39, 0.29) is 0 Å². The maximum atomic E-state index is 5.27. The van der Waals surface area contributed by atoms with Crippen LogP contribution in [0.1, 0.15) is 51.3 Å². The Kier molecular flexibility index (Phi) is 4.75. The predicted octanol–water partition coefficient (Wildman–Crippen LogP) is 2.26. The first kappa shape index (κ1) is 17.3. The zero-order chi connectivity index (χ0) is 17.6. The molecule has 1 aromatic rings. The van der Waals surface area contributed by atoms with Crippen LogP contribution in [0.5, 0.6) is 0 Å². The third-order valence-corrected chi connectivity index (χ3v) is 6.78. The molecular weight excluding hydrogens is 314 g/mol. The summed E-state index contributed by atoms with van der Waals surface area (Å²) in [7, 11) is 3.95. The lowest BCUT2D eigenvalue weighted by molar-refractivity contribution is 0.0841. The standard InChI is InChI=1S/C19H33N5O/c1-13-11-23(12-14(2)24(13)9-10-25-4)19-21-20-18(22(19)3)17-15-7-5-6-8-16(15)17/h13-17H,5-12H2,1-4H3/t13-,14+,15?,16?,17?. The molecule has 1 saturated heterocycles. The Labute approximate surface area is 151 Å². The second-order valence-electron chi connectivity index (χ2n) is 8.39. The highest BCUT2D eigenvalue weighted by atomic mass is 16.5. The monoisotopic (exact) mass is 347 g/mol. The van der Waals surface area contributed by atoms with Gasteiger partial charge in [-0.3, -0.25) is 4.90 Å². The van der Waals surface area contributed by atoms with Gasteiger partial charge in [-0.2, -0.15) is 0 Å². The van der Waals surface area contributed by atoms with Gasteiger partial charge < -0.3 is 14.2 Å². The molecule has 0 spiro atoms. The van der Waals surface area contributed by atoms with Gasteiger partial charge in [0.15, 0.2) is 0 Å². The minimum atomic E-state index is 0.502. The van der Waals surface area contributed by atoms with Crippen molar-refractivity contribution in [3.8, 4) is 0 Å². The molecular formula is C19H33N5O. The lowest BCUT2D eigenvalue weighted by Crippen LogP contribution is -2.58. The number of rotatable bonds is 5. The van der Waals surface area contributed by atoms with Gasteiger partial charge >= 0.3 is 0 Å². The molecule has 0 amide bonds. The van der Waals surface area contributed by atoms with Crippen LogP contribution < -0.4 is 4.90 Å². The molecule has 6 nitrogen and oxygen atoms in total. The third-order valence-electron chi connectivity index (χ3n) is 6.78. The van der Waals surface area contributed by atoms with Gasteiger partial charge in [-0.15, -0.1) is 10.2 Å². The molecule has 3 aliphatic rings. The Hall–Kier alpha value is -1.14. The number of anilines is 1. The molecule has 6 heteroatoms. The summed E-state index contributed by atoms with van der Waals surface area (Å²) >= 11 is 0. The van der Waals surface area contributed by atoms with E-state index in [1.807, 2.05) is 0 Å². The van der Waals surface area contributed by atoms with E-state index in [4.69, 9.17) is 4.74 Å². The highest BCUT2D eigenvalue weighted by molar-refractivity contribution is 5.35. The number of nitrogens with zero attached hydrogens (tertiary/aromatic N) is 5. The molecule has 25 heavy (non-hydrogen) atoms. The predicted molar refractivity (Wildman–Crippen MR) is 98.9 cm³/mol. The fourth-order valence-electron chi connectivity index (χ4n) is 5.43. The topological polar surface area (TPSA) is 46.4 Å². The molecule has 2 aliphatic carbocycles. The number of piperazine rings is 1. The number of aromatic nitrogens is 3. The Morgan fingerprint density at radius 1 is 1.04 bits per heavy atom. The summed E-state index contributed by atoms with van der Waals surface area (Å²) in [5.74, 6) is 4.73. The first-order valence-electron chi connectivity index (χ1n) is 10.0. The number of methoxy groups -OCH3 is 1. The maximum absolute atomic E-state index is 5.27. The average Bonchev–Trinajstić information content (AvgIpc) is 3.20. The normalized spacial score (nSPS) is 35.7. The van der Waals surface area contributed by atoms with Crippen LogP contribution in [-0.4, -0.2) is 65.1 Å². The van der Waals surface area contributed by atoms with E-state index in [1.165, 1.54) is 31.5 Å². The molecule has 0 bridgehead atoms. The van der Waals surface area contributed by atoms with Crippen molar-refractivity contribution in [3.63, 3.8) is 0 Å². The van der Waals surface area contributed by atoms with Gasteiger partial charge in [0.2, 0.25) is 5.95 Å². The number of hydrogen-bond donors (Lipinski definition) is 0. The zero-order valence-electron chi connectivity index (χ0n) is 16.2. The van der Waals surface area contributed by atoms with Crippen LogP contribution in [-0.2, 0) is 11.8 Å². The van der Waals surface area contributed by atoms with Gasteiger partial charge in [-0.1, -0.05) is 12.8 Å². The SMILES string of the molecule is COCCN1[C@H](C)CN(c2nnc(C3C4CCCCC43)n2C)C[C@@H]1C. The smallest absolute Gasteiger partial charge is 0.227 e. The third kappa shape index (κ3) is 3.08. The molecule has 3 fully saturated rings. The van der Waals surface area contributed by atoms with Crippen molar-refractivity contribution in [1.29, 1.82) is 0 Å². The van der Waals surface area contributed by atoms with Crippen LogP contribution in [0, 0.1) is 11.8 Å². The fraction of sp³-hybridized carbons (Fsp3) is 0.895. The van der Waals surface area contributed by atoms with Crippen molar-refractivity contribution in [2.24, 2.45) is 18.9 Å². The van der Waals surface area contributed by atoms with Crippen molar-refractivity contribution in [2.45, 2.75) is 57.5 Å². The summed E-state index contributed by atoms with van der Waals surface area (Å²) < 4.78 is 7.56. The molecule has 1 aliphatic heterocycles. The fourth-order valence-corrected chi connectivity index (χ4v) is 5.43. The largest absolute Gasteiger partial charge is 0.383 e. The Morgan fingerprint density at radius 3 is 2.28 bits per heavy atom. The summed E-state index contributed by atoms with van der Waals surface area (Å²) in [6, 6.07) is 1.00. The number of hydrogen-bond acceptors (Lipinski definition) is 5. The lowest BCUT2D eigenvalue weighted by Gasteiger charge is -2.44. The Balaban J connectivity index is 1.46. The van der Waals surface area contributed by atoms with Crippen LogP contribution in [0.15, 0.2) is 0 Å². The molecule has 0 N–H and O–H groups in total. The van der Waals surface area contributed by atoms with Gasteiger partial charge in [0.05, 0.1) is 6.61 Å². The second-order valence-corrected chi connectivity index (χ2v) is 8.39. The molecule has 1 aromatic heterocycles. The van der Waals surface area contributed by atoms with Crippen LogP contribution in [0.25, 0.3) is 0 Å². The van der Waals surface area contributed by atoms with E-state index in [0.717, 1.165) is 44.0 Å². The van der Waals surface area contributed by atoms with Crippen molar-refractivity contribution in [3.05, 3.63) is 5.82 Å². The minimum absolute atomic E-state index is 0.502. The number of ether oxygens (including phenoxy) is 1. The van der Waals surface area contributed by atoms with Crippen LogP contribution in [0.2, 0.25) is 0 Å². The van der Waals surface area contributed by atoms with E-state index in [0.29, 0.717) is 18.0 Å². The van der Waals surface area contributed by atoms with Gasteiger partial charge in [0, 0.05) is 51.8 Å². The van der Waals surface area contributed by atoms with Crippen LogP contribution in [0.4, 0.5) is 5.95 Å². The summed E-state index contributed by atoms with van der Waals surface area (Å²) in [4.78, 5) is 4.98. The summed E-state index contributed by atoms with van der Waals surface area (Å²) in [5.41, 5.74) is 0. The van der Waals surface area contributed by atoms with Crippen LogP contribution in [0.3, 0.4) is 0 Å². The van der Waals surface area contributed by atoms with Gasteiger partial charge in [-0.25, -0.2) is 0 Å². The first-order valence-corrected chi connectivity index (χ1v) is 10.0. The van der Waals surface area contributed by atoms with Gasteiger partial charge in [0.25, 0.3) is 0 Å². The first-order chi connectivity index (χ1) is 12.1. The van der Waals surface area contributed by atoms with E-state index in [1.54, 1.807) is 7.11 Å². The summed E-state index contributed by atoms with van der Waals surface area (Å²) in [6.45, 7) is 8.45. The molecule has 4 atom stereocenters. The van der Waals surface area contributed by atoms with E-state index in [9.17, 15) is 0 Å². The molecule has 2 saturated carbocycles. The second kappa shape index (κ2) is 6.88. The molecule has 2 heterocycles. The molecule has 0 radical (unpaired) electrons. The summed E-state index contributed by atoms with van der Waals surface area (Å²) in [6.07, 6.45) is 5.59. The quantitative estimate of drug-likeness (QED) is 0.818. The summed E-state index contributed by atoms with van der Waals surface area (Å²) in [5, 5.41) is 9.24. The highest BCUT2D eigenvalue weighted by Crippen LogP contribution is 2.60. The highest BCUT2D eigenvalue weighted by Gasteiger charge is 2.53. The molecule has 0 aromatic carbocycles. The molecule has 2 unspecified atom stereocenters.